The molecule has 0 aliphatic heterocycles. The molecule has 6 nitrogen and oxygen atoms in total. The third kappa shape index (κ3) is 3.79. The second-order valence-electron chi connectivity index (χ2n) is 6.14. The minimum atomic E-state index is -0.163. The second-order valence-corrected chi connectivity index (χ2v) is 6.14. The molecule has 0 saturated carbocycles. The number of para-hydroxylation sites is 1. The minimum Gasteiger partial charge on any atom is -0.461 e. The molecule has 0 radical (unpaired) electrons. The number of hydrogen-bond acceptors (Lipinski definition) is 5. The van der Waals surface area contributed by atoms with Crippen LogP contribution >= 0.6 is 0 Å². The summed E-state index contributed by atoms with van der Waals surface area (Å²) in [5.41, 5.74) is 3.30. The van der Waals surface area contributed by atoms with Crippen molar-refractivity contribution in [2.45, 2.75) is 13.3 Å². The normalized spacial score (nSPS) is 10.7. The monoisotopic (exact) mass is 359 g/mol. The van der Waals surface area contributed by atoms with Gasteiger partial charge in [-0.15, -0.1) is 0 Å². The first-order chi connectivity index (χ1) is 13.2. The largest absolute Gasteiger partial charge is 0.461 e. The number of hydrogen-bond donors (Lipinski definition) is 1. The summed E-state index contributed by atoms with van der Waals surface area (Å²) >= 11 is 0. The molecule has 0 unspecified atom stereocenters. The molecule has 2 heterocycles. The van der Waals surface area contributed by atoms with Crippen molar-refractivity contribution in [3.63, 3.8) is 0 Å². The van der Waals surface area contributed by atoms with Crippen molar-refractivity contribution in [1.29, 1.82) is 0 Å². The van der Waals surface area contributed by atoms with E-state index in [2.05, 4.69) is 15.5 Å². The Morgan fingerprint density at radius 2 is 1.85 bits per heavy atom. The van der Waals surface area contributed by atoms with E-state index in [9.17, 15) is 4.79 Å². The predicted molar refractivity (Wildman–Crippen MR) is 100 cm³/mol. The van der Waals surface area contributed by atoms with Crippen molar-refractivity contribution in [2.75, 3.05) is 5.32 Å². The number of anilines is 1. The summed E-state index contributed by atoms with van der Waals surface area (Å²) in [7, 11) is 0. The molecule has 0 atom stereocenters. The van der Waals surface area contributed by atoms with E-state index in [0.29, 0.717) is 35.1 Å². The Labute approximate surface area is 155 Å². The van der Waals surface area contributed by atoms with Crippen molar-refractivity contribution in [3.8, 4) is 11.6 Å². The molecular weight excluding hydrogens is 342 g/mol. The van der Waals surface area contributed by atoms with Crippen molar-refractivity contribution in [3.05, 3.63) is 89.5 Å². The van der Waals surface area contributed by atoms with Crippen LogP contribution in [-0.2, 0) is 6.42 Å². The molecule has 0 bridgehead atoms. The van der Waals surface area contributed by atoms with Gasteiger partial charge in [0.15, 0.2) is 5.76 Å². The number of carbonyl (C=O) groups is 1. The first-order valence-corrected chi connectivity index (χ1v) is 8.51. The van der Waals surface area contributed by atoms with Gasteiger partial charge in [-0.05, 0) is 42.8 Å². The SMILES string of the molecule is Cc1ccc(C(=O)Nc2ccccc2Cc2nc(-c3ccco3)no2)cc1. The summed E-state index contributed by atoms with van der Waals surface area (Å²) in [6.07, 6.45) is 1.96. The summed E-state index contributed by atoms with van der Waals surface area (Å²) in [5, 5.41) is 6.89. The van der Waals surface area contributed by atoms with Crippen LogP contribution in [0.2, 0.25) is 0 Å². The number of benzene rings is 2. The molecule has 0 aliphatic carbocycles. The number of nitrogens with zero attached hydrogens (tertiary/aromatic N) is 2. The van der Waals surface area contributed by atoms with Gasteiger partial charge in [0, 0.05) is 11.3 Å². The standard InChI is InChI=1S/C21H17N3O3/c1-14-8-10-15(11-9-14)21(25)22-17-6-3-2-5-16(17)13-19-23-20(24-27-19)18-7-4-12-26-18/h2-12H,13H2,1H3,(H,22,25). The summed E-state index contributed by atoms with van der Waals surface area (Å²) in [6, 6.07) is 18.5. The molecule has 0 spiro atoms. The molecule has 1 amide bonds. The number of amides is 1. The minimum absolute atomic E-state index is 0.163. The molecule has 2 aromatic heterocycles. The second kappa shape index (κ2) is 7.29. The van der Waals surface area contributed by atoms with Crippen LogP contribution in [-0.4, -0.2) is 16.0 Å². The number of furan rings is 1. The van der Waals surface area contributed by atoms with Gasteiger partial charge in [0.1, 0.15) is 0 Å². The lowest BCUT2D eigenvalue weighted by Crippen LogP contribution is -2.13. The Hall–Kier alpha value is -3.67. The Morgan fingerprint density at radius 3 is 2.63 bits per heavy atom. The maximum Gasteiger partial charge on any atom is 0.255 e. The highest BCUT2D eigenvalue weighted by Gasteiger charge is 2.14. The smallest absolute Gasteiger partial charge is 0.255 e. The third-order valence-corrected chi connectivity index (χ3v) is 4.13. The molecule has 6 heteroatoms. The zero-order valence-electron chi connectivity index (χ0n) is 14.7. The third-order valence-electron chi connectivity index (χ3n) is 4.13. The number of carbonyl (C=O) groups excluding carboxylic acids is 1. The fourth-order valence-corrected chi connectivity index (χ4v) is 2.69. The molecule has 27 heavy (non-hydrogen) atoms. The quantitative estimate of drug-likeness (QED) is 0.568. The van der Waals surface area contributed by atoms with Crippen molar-refractivity contribution >= 4 is 11.6 Å². The van der Waals surface area contributed by atoms with Gasteiger partial charge in [-0.2, -0.15) is 4.98 Å². The van der Waals surface area contributed by atoms with Gasteiger partial charge >= 0.3 is 0 Å². The van der Waals surface area contributed by atoms with Crippen molar-refractivity contribution in [1.82, 2.24) is 10.1 Å². The van der Waals surface area contributed by atoms with Gasteiger partial charge in [-0.1, -0.05) is 41.1 Å². The van der Waals surface area contributed by atoms with Crippen LogP contribution in [0, 0.1) is 6.92 Å². The van der Waals surface area contributed by atoms with Gasteiger partial charge in [0.2, 0.25) is 11.7 Å². The number of aryl methyl sites for hydroxylation is 1. The lowest BCUT2D eigenvalue weighted by Gasteiger charge is -2.10. The highest BCUT2D eigenvalue weighted by atomic mass is 16.5. The van der Waals surface area contributed by atoms with E-state index in [4.69, 9.17) is 8.94 Å². The topological polar surface area (TPSA) is 81.2 Å². The highest BCUT2D eigenvalue weighted by molar-refractivity contribution is 6.04. The van der Waals surface area contributed by atoms with Gasteiger partial charge < -0.3 is 14.3 Å². The summed E-state index contributed by atoms with van der Waals surface area (Å²) in [4.78, 5) is 16.9. The van der Waals surface area contributed by atoms with E-state index < -0.39 is 0 Å². The Morgan fingerprint density at radius 1 is 1.04 bits per heavy atom. The predicted octanol–water partition coefficient (Wildman–Crippen LogP) is 4.48. The van der Waals surface area contributed by atoms with Crippen LogP contribution in [0.3, 0.4) is 0 Å². The van der Waals surface area contributed by atoms with E-state index in [0.717, 1.165) is 11.1 Å². The van der Waals surface area contributed by atoms with Crippen molar-refractivity contribution < 1.29 is 13.7 Å². The van der Waals surface area contributed by atoms with Crippen LogP contribution in [0.4, 0.5) is 5.69 Å². The van der Waals surface area contributed by atoms with Gasteiger partial charge in [-0.25, -0.2) is 0 Å². The van der Waals surface area contributed by atoms with E-state index in [1.807, 2.05) is 43.3 Å². The number of rotatable bonds is 5. The van der Waals surface area contributed by atoms with E-state index in [1.54, 1.807) is 30.5 Å². The van der Waals surface area contributed by atoms with Gasteiger partial charge in [0.25, 0.3) is 5.91 Å². The molecule has 0 aliphatic rings. The molecule has 4 aromatic rings. The first kappa shape index (κ1) is 16.8. The van der Waals surface area contributed by atoms with Crippen LogP contribution in [0.25, 0.3) is 11.6 Å². The number of nitrogens with one attached hydrogen (secondary N) is 1. The van der Waals surface area contributed by atoms with Crippen LogP contribution in [0.15, 0.2) is 75.9 Å². The first-order valence-electron chi connectivity index (χ1n) is 8.51. The van der Waals surface area contributed by atoms with Crippen molar-refractivity contribution in [2.24, 2.45) is 0 Å². The molecule has 134 valence electrons. The maximum absolute atomic E-state index is 12.5. The average Bonchev–Trinajstić information content (AvgIpc) is 3.35. The molecular formula is C21H17N3O3. The summed E-state index contributed by atoms with van der Waals surface area (Å²) in [5.74, 6) is 1.23. The fraction of sp³-hybridized carbons (Fsp3) is 0.0952. The van der Waals surface area contributed by atoms with Gasteiger partial charge in [0.05, 0.1) is 12.7 Å². The summed E-state index contributed by atoms with van der Waals surface area (Å²) in [6.45, 7) is 1.98. The Balaban J connectivity index is 1.53. The molecule has 2 aromatic carbocycles. The van der Waals surface area contributed by atoms with Crippen LogP contribution in [0.1, 0.15) is 27.4 Å². The molecule has 4 rings (SSSR count). The highest BCUT2D eigenvalue weighted by Crippen LogP contribution is 2.22. The average molecular weight is 359 g/mol. The Bertz CT molecular complexity index is 1050. The zero-order chi connectivity index (χ0) is 18.6. The van der Waals surface area contributed by atoms with E-state index in [1.165, 1.54) is 0 Å². The zero-order valence-corrected chi connectivity index (χ0v) is 14.7. The lowest BCUT2D eigenvalue weighted by atomic mass is 10.1. The molecule has 1 N–H and O–H groups in total. The lowest BCUT2D eigenvalue weighted by molar-refractivity contribution is 0.102. The molecule has 0 fully saturated rings. The maximum atomic E-state index is 12.5. The number of aromatic nitrogens is 2. The Kier molecular flexibility index (Phi) is 4.53. The fourth-order valence-electron chi connectivity index (χ4n) is 2.69. The van der Waals surface area contributed by atoms with E-state index >= 15 is 0 Å². The molecule has 0 saturated heterocycles. The summed E-state index contributed by atoms with van der Waals surface area (Å²) < 4.78 is 10.6. The van der Waals surface area contributed by atoms with Gasteiger partial charge in [-0.3, -0.25) is 4.79 Å². The van der Waals surface area contributed by atoms with E-state index in [-0.39, 0.29) is 5.91 Å². The van der Waals surface area contributed by atoms with Crippen LogP contribution in [0.5, 0.6) is 0 Å². The van der Waals surface area contributed by atoms with Crippen LogP contribution < -0.4 is 5.32 Å².